The Morgan fingerprint density at radius 2 is 2.20 bits per heavy atom. The van der Waals surface area contributed by atoms with E-state index in [1.165, 1.54) is 6.20 Å². The third-order valence-corrected chi connectivity index (χ3v) is 3.29. The Labute approximate surface area is 112 Å². The van der Waals surface area contributed by atoms with Crippen LogP contribution in [-0.4, -0.2) is 44.5 Å². The van der Waals surface area contributed by atoms with E-state index in [0.29, 0.717) is 0 Å². The summed E-state index contributed by atoms with van der Waals surface area (Å²) in [5.74, 6) is -1.81. The third-order valence-electron chi connectivity index (χ3n) is 3.29. The number of rotatable bonds is 4. The molecule has 0 radical (unpaired) electrons. The van der Waals surface area contributed by atoms with Crippen LogP contribution in [0.15, 0.2) is 21.9 Å². The molecule has 9 heteroatoms. The van der Waals surface area contributed by atoms with Crippen molar-refractivity contribution < 1.29 is 19.7 Å². The maximum Gasteiger partial charge on any atom is 0.330 e. The number of nitrogens with two attached hydrogens (primary N) is 1. The smallest absolute Gasteiger partial charge is 0.330 e. The maximum absolute atomic E-state index is 11.7. The minimum Gasteiger partial charge on any atom is -0.481 e. The lowest BCUT2D eigenvalue weighted by atomic mass is 9.94. The number of carboxylic acid groups (broad SMARTS) is 1. The number of carboxylic acids is 1. The highest BCUT2D eigenvalue weighted by Crippen LogP contribution is 2.34. The van der Waals surface area contributed by atoms with Crippen LogP contribution in [0, 0.1) is 5.92 Å². The molecule has 1 aromatic heterocycles. The van der Waals surface area contributed by atoms with Crippen molar-refractivity contribution >= 4 is 5.97 Å². The highest BCUT2D eigenvalue weighted by atomic mass is 16.5. The van der Waals surface area contributed by atoms with Crippen molar-refractivity contribution in [1.29, 1.82) is 0 Å². The number of aliphatic hydroxyl groups is 1. The van der Waals surface area contributed by atoms with E-state index in [-0.39, 0.29) is 13.0 Å². The van der Waals surface area contributed by atoms with Crippen LogP contribution in [0.5, 0.6) is 0 Å². The highest BCUT2D eigenvalue weighted by Gasteiger charge is 2.45. The summed E-state index contributed by atoms with van der Waals surface area (Å²) in [7, 11) is 0. The number of aromatic amines is 1. The van der Waals surface area contributed by atoms with Gasteiger partial charge < -0.3 is 20.7 Å². The Balaban J connectivity index is 2.32. The fourth-order valence-corrected chi connectivity index (χ4v) is 2.33. The van der Waals surface area contributed by atoms with Crippen LogP contribution in [0.3, 0.4) is 0 Å². The van der Waals surface area contributed by atoms with Gasteiger partial charge >= 0.3 is 11.7 Å². The van der Waals surface area contributed by atoms with Crippen LogP contribution >= 0.6 is 0 Å². The number of aliphatic hydroxyl groups excluding tert-OH is 1. The van der Waals surface area contributed by atoms with Gasteiger partial charge in [0.25, 0.3) is 5.56 Å². The zero-order valence-electron chi connectivity index (χ0n) is 10.4. The Morgan fingerprint density at radius 3 is 2.75 bits per heavy atom. The van der Waals surface area contributed by atoms with Gasteiger partial charge in [-0.25, -0.2) is 4.79 Å². The maximum atomic E-state index is 11.7. The molecule has 1 aromatic rings. The van der Waals surface area contributed by atoms with Crippen molar-refractivity contribution in [3.8, 4) is 0 Å². The van der Waals surface area contributed by atoms with Gasteiger partial charge in [0.1, 0.15) is 6.10 Å². The summed E-state index contributed by atoms with van der Waals surface area (Å²) in [6.45, 7) is 0.0175. The minimum absolute atomic E-state index is 0.0175. The zero-order chi connectivity index (χ0) is 14.9. The van der Waals surface area contributed by atoms with Gasteiger partial charge in [0.2, 0.25) is 0 Å². The first kappa shape index (κ1) is 14.4. The van der Waals surface area contributed by atoms with E-state index in [4.69, 9.17) is 15.6 Å². The summed E-state index contributed by atoms with van der Waals surface area (Å²) in [6, 6.07) is 1.11. The number of H-pyrrole nitrogens is 1. The average molecular weight is 285 g/mol. The molecule has 4 atom stereocenters. The van der Waals surface area contributed by atoms with E-state index < -0.39 is 41.6 Å². The minimum atomic E-state index is -1.21. The molecule has 5 N–H and O–H groups in total. The van der Waals surface area contributed by atoms with Crippen molar-refractivity contribution in [2.45, 2.75) is 24.9 Å². The van der Waals surface area contributed by atoms with Crippen molar-refractivity contribution in [3.63, 3.8) is 0 Å². The highest BCUT2D eigenvalue weighted by molar-refractivity contribution is 5.67. The molecule has 0 aromatic carbocycles. The zero-order valence-corrected chi connectivity index (χ0v) is 10.4. The lowest BCUT2D eigenvalue weighted by molar-refractivity contribution is -0.139. The number of carbonyl (C=O) groups is 1. The van der Waals surface area contributed by atoms with E-state index in [9.17, 15) is 19.5 Å². The molecule has 0 bridgehead atoms. The van der Waals surface area contributed by atoms with Gasteiger partial charge in [0.15, 0.2) is 6.23 Å². The van der Waals surface area contributed by atoms with Crippen molar-refractivity contribution in [1.82, 2.24) is 9.55 Å². The van der Waals surface area contributed by atoms with Gasteiger partial charge in [-0.3, -0.25) is 19.1 Å². The number of aromatic nitrogens is 2. The molecule has 0 amide bonds. The standard InChI is InChI=1S/C11H15N3O6/c12-4-6-5(3-8(16)17)9(18)10(20-6)14-2-1-7(15)13-11(14)19/h1-2,5-6,9-10,18H,3-4,12H2,(H,16,17)(H,13,15,19)/t5-,6-,9-,10-/m1/s1. The number of aliphatic carboxylic acids is 1. The fraction of sp³-hybridized carbons (Fsp3) is 0.545. The molecule has 0 spiro atoms. The van der Waals surface area contributed by atoms with E-state index in [1.807, 2.05) is 4.98 Å². The molecular weight excluding hydrogens is 270 g/mol. The van der Waals surface area contributed by atoms with Crippen LogP contribution in [0.2, 0.25) is 0 Å². The van der Waals surface area contributed by atoms with Crippen molar-refractivity contribution in [3.05, 3.63) is 33.1 Å². The van der Waals surface area contributed by atoms with Crippen LogP contribution in [0.25, 0.3) is 0 Å². The van der Waals surface area contributed by atoms with Crippen LogP contribution in [-0.2, 0) is 9.53 Å². The lowest BCUT2D eigenvalue weighted by Gasteiger charge is -2.18. The molecule has 9 nitrogen and oxygen atoms in total. The van der Waals surface area contributed by atoms with E-state index in [1.54, 1.807) is 0 Å². The second kappa shape index (κ2) is 5.57. The number of hydrogen-bond donors (Lipinski definition) is 4. The molecule has 1 saturated heterocycles. The monoisotopic (exact) mass is 285 g/mol. The fourth-order valence-electron chi connectivity index (χ4n) is 2.33. The van der Waals surface area contributed by atoms with Gasteiger partial charge in [0, 0.05) is 24.7 Å². The van der Waals surface area contributed by atoms with Crippen LogP contribution < -0.4 is 17.0 Å². The molecule has 110 valence electrons. The Hall–Kier alpha value is -1.97. The molecule has 20 heavy (non-hydrogen) atoms. The van der Waals surface area contributed by atoms with E-state index >= 15 is 0 Å². The number of nitrogens with one attached hydrogen (secondary N) is 1. The molecule has 1 aliphatic rings. The quantitative estimate of drug-likeness (QED) is 0.492. The molecule has 2 rings (SSSR count). The van der Waals surface area contributed by atoms with Gasteiger partial charge in [-0.05, 0) is 0 Å². The molecule has 0 saturated carbocycles. The molecular formula is C11H15N3O6. The van der Waals surface area contributed by atoms with E-state index in [0.717, 1.165) is 10.6 Å². The van der Waals surface area contributed by atoms with Gasteiger partial charge in [-0.15, -0.1) is 0 Å². The molecule has 0 unspecified atom stereocenters. The topological polar surface area (TPSA) is 148 Å². The Morgan fingerprint density at radius 1 is 1.50 bits per heavy atom. The number of hydrogen-bond acceptors (Lipinski definition) is 6. The van der Waals surface area contributed by atoms with E-state index in [2.05, 4.69) is 0 Å². The second-order valence-corrected chi connectivity index (χ2v) is 4.57. The second-order valence-electron chi connectivity index (χ2n) is 4.57. The average Bonchev–Trinajstić information content (AvgIpc) is 2.67. The summed E-state index contributed by atoms with van der Waals surface area (Å²) in [5.41, 5.74) is 4.18. The predicted molar refractivity (Wildman–Crippen MR) is 66.0 cm³/mol. The van der Waals surface area contributed by atoms with Crippen LogP contribution in [0.1, 0.15) is 12.6 Å². The molecule has 1 aliphatic heterocycles. The Kier molecular flexibility index (Phi) is 4.02. The SMILES string of the molecule is NC[C@H]1O[C@@H](n2ccc(=O)[nH]c2=O)[C@H](O)[C@@H]1CC(=O)O. The molecule has 0 aliphatic carbocycles. The van der Waals surface area contributed by atoms with Gasteiger partial charge in [-0.2, -0.15) is 0 Å². The first-order valence-electron chi connectivity index (χ1n) is 6.01. The number of ether oxygens (including phenoxy) is 1. The summed E-state index contributed by atoms with van der Waals surface area (Å²) >= 11 is 0. The first-order valence-corrected chi connectivity index (χ1v) is 6.01. The summed E-state index contributed by atoms with van der Waals surface area (Å²) in [6.07, 6.45) is -2.09. The third kappa shape index (κ3) is 2.64. The normalized spacial score (nSPS) is 29.5. The molecule has 1 fully saturated rings. The lowest BCUT2D eigenvalue weighted by Crippen LogP contribution is -2.36. The largest absolute Gasteiger partial charge is 0.481 e. The predicted octanol–water partition coefficient (Wildman–Crippen LogP) is -2.16. The number of nitrogens with zero attached hydrogens (tertiary/aromatic N) is 1. The van der Waals surface area contributed by atoms with Crippen LogP contribution in [0.4, 0.5) is 0 Å². The molecule has 2 heterocycles. The Bertz CT molecular complexity index is 609. The summed E-state index contributed by atoms with van der Waals surface area (Å²) < 4.78 is 6.46. The van der Waals surface area contributed by atoms with Crippen molar-refractivity contribution in [2.75, 3.05) is 6.54 Å². The summed E-state index contributed by atoms with van der Waals surface area (Å²) in [5, 5.41) is 19.0. The van der Waals surface area contributed by atoms with Gasteiger partial charge in [-0.1, -0.05) is 0 Å². The summed E-state index contributed by atoms with van der Waals surface area (Å²) in [4.78, 5) is 35.5. The van der Waals surface area contributed by atoms with Gasteiger partial charge in [0.05, 0.1) is 12.5 Å². The first-order chi connectivity index (χ1) is 9.43. The van der Waals surface area contributed by atoms with Crippen molar-refractivity contribution in [2.24, 2.45) is 11.7 Å².